The Morgan fingerprint density at radius 2 is 1.76 bits per heavy atom. The maximum atomic E-state index is 12.5. The summed E-state index contributed by atoms with van der Waals surface area (Å²) in [4.78, 5) is 37.1. The second-order valence-electron chi connectivity index (χ2n) is 7.46. The number of likely N-dealkylation sites (N-methyl/N-ethyl adjacent to an activating group) is 1. The molecule has 9 heteroatoms. The van der Waals surface area contributed by atoms with E-state index in [1.54, 1.807) is 20.2 Å². The normalized spacial score (nSPS) is 10.8. The molecule has 3 aromatic carbocycles. The molecule has 1 amide bonds. The number of nitro groups is 1. The monoisotopic (exact) mass is 464 g/mol. The molecule has 0 aliphatic heterocycles. The molecule has 0 aliphatic rings. The summed E-state index contributed by atoms with van der Waals surface area (Å²) in [5, 5.41) is 13.6. The largest absolute Gasteiger partial charge is 0.497 e. The number of hydrogen-bond donors (Lipinski definition) is 0. The third-order valence-corrected chi connectivity index (χ3v) is 6.29. The Balaban J connectivity index is 1.37. The molecule has 0 unspecified atom stereocenters. The number of benzene rings is 3. The van der Waals surface area contributed by atoms with E-state index in [-0.39, 0.29) is 16.5 Å². The van der Waals surface area contributed by atoms with Crippen molar-refractivity contribution in [3.8, 4) is 5.75 Å². The second kappa shape index (κ2) is 9.25. The van der Waals surface area contributed by atoms with Gasteiger partial charge in [-0.15, -0.1) is 11.3 Å². The Bertz CT molecular complexity index is 1380. The fourth-order valence-electron chi connectivity index (χ4n) is 3.41. The Hall–Kier alpha value is -3.98. The van der Waals surface area contributed by atoms with Crippen molar-refractivity contribution < 1.29 is 24.0 Å². The minimum Gasteiger partial charge on any atom is -0.497 e. The van der Waals surface area contributed by atoms with Gasteiger partial charge in [-0.3, -0.25) is 14.9 Å². The highest BCUT2D eigenvalue weighted by Gasteiger charge is 2.17. The van der Waals surface area contributed by atoms with E-state index < -0.39 is 17.5 Å². The Labute approximate surface area is 193 Å². The van der Waals surface area contributed by atoms with Crippen LogP contribution in [0.15, 0.2) is 60.7 Å². The molecule has 4 aromatic rings. The molecule has 0 saturated carbocycles. The molecule has 4 rings (SSSR count). The summed E-state index contributed by atoms with van der Waals surface area (Å²) in [7, 11) is 3.27. The van der Waals surface area contributed by atoms with Gasteiger partial charge in [0.1, 0.15) is 10.6 Å². The predicted octanol–water partition coefficient (Wildman–Crippen LogP) is 4.79. The maximum Gasteiger partial charge on any atom is 0.348 e. The van der Waals surface area contributed by atoms with Gasteiger partial charge in [0.25, 0.3) is 11.6 Å². The van der Waals surface area contributed by atoms with Crippen LogP contribution in [0.4, 0.5) is 5.69 Å². The molecule has 168 valence electrons. The van der Waals surface area contributed by atoms with Crippen molar-refractivity contribution in [2.45, 2.75) is 6.54 Å². The molecule has 0 bridgehead atoms. The van der Waals surface area contributed by atoms with Gasteiger partial charge >= 0.3 is 5.97 Å². The van der Waals surface area contributed by atoms with Crippen LogP contribution in [-0.4, -0.2) is 42.5 Å². The van der Waals surface area contributed by atoms with Gasteiger partial charge in [0.05, 0.1) is 12.0 Å². The zero-order valence-corrected chi connectivity index (χ0v) is 18.8. The van der Waals surface area contributed by atoms with Crippen LogP contribution < -0.4 is 4.74 Å². The van der Waals surface area contributed by atoms with Crippen LogP contribution in [0.2, 0.25) is 0 Å². The molecule has 0 atom stereocenters. The number of esters is 1. The first-order chi connectivity index (χ1) is 15.8. The van der Waals surface area contributed by atoms with Crippen LogP contribution in [0.3, 0.4) is 0 Å². The van der Waals surface area contributed by atoms with Gasteiger partial charge in [-0.2, -0.15) is 0 Å². The number of thiophene rings is 1. The van der Waals surface area contributed by atoms with Crippen LogP contribution in [0.25, 0.3) is 20.9 Å². The quantitative estimate of drug-likeness (QED) is 0.222. The SMILES string of the molecule is COc1ccc2cc(CN(C)C(=O)COC(=O)c3cc4cc([N+](=O)[O-])ccc4s3)ccc2c1. The molecule has 1 heterocycles. The third kappa shape index (κ3) is 4.93. The molecule has 0 radical (unpaired) electrons. The number of rotatable bonds is 7. The van der Waals surface area contributed by atoms with Gasteiger partial charge < -0.3 is 14.4 Å². The number of carbonyl (C=O) groups is 2. The number of methoxy groups -OCH3 is 1. The summed E-state index contributed by atoms with van der Waals surface area (Å²) >= 11 is 1.16. The first-order valence-corrected chi connectivity index (χ1v) is 10.8. The number of carbonyl (C=O) groups excluding carboxylic acids is 2. The minimum absolute atomic E-state index is 0.0511. The lowest BCUT2D eigenvalue weighted by atomic mass is 10.1. The number of nitro benzene ring substituents is 1. The summed E-state index contributed by atoms with van der Waals surface area (Å²) in [6, 6.07) is 17.6. The highest BCUT2D eigenvalue weighted by molar-refractivity contribution is 7.20. The lowest BCUT2D eigenvalue weighted by molar-refractivity contribution is -0.384. The Morgan fingerprint density at radius 1 is 1.00 bits per heavy atom. The first-order valence-electron chi connectivity index (χ1n) is 10.00. The molecule has 0 N–H and O–H groups in total. The number of hydrogen-bond acceptors (Lipinski definition) is 7. The summed E-state index contributed by atoms with van der Waals surface area (Å²) in [6.07, 6.45) is 0. The lowest BCUT2D eigenvalue weighted by Gasteiger charge is -2.17. The third-order valence-electron chi connectivity index (χ3n) is 5.20. The molecule has 33 heavy (non-hydrogen) atoms. The number of ether oxygens (including phenoxy) is 2. The Morgan fingerprint density at radius 3 is 2.52 bits per heavy atom. The van der Waals surface area contributed by atoms with Crippen molar-refractivity contribution in [3.63, 3.8) is 0 Å². The van der Waals surface area contributed by atoms with Crippen LogP contribution >= 0.6 is 11.3 Å². The smallest absolute Gasteiger partial charge is 0.348 e. The van der Waals surface area contributed by atoms with E-state index in [1.807, 2.05) is 36.4 Å². The molecule has 0 aliphatic carbocycles. The molecule has 0 spiro atoms. The number of amides is 1. The average molecular weight is 464 g/mol. The highest BCUT2D eigenvalue weighted by Crippen LogP contribution is 2.29. The summed E-state index contributed by atoms with van der Waals surface area (Å²) in [6.45, 7) is -0.0284. The van der Waals surface area contributed by atoms with E-state index in [2.05, 4.69) is 0 Å². The van der Waals surface area contributed by atoms with Crippen molar-refractivity contribution >= 4 is 49.8 Å². The topological polar surface area (TPSA) is 99.0 Å². The fraction of sp³-hybridized carbons (Fsp3) is 0.167. The van der Waals surface area contributed by atoms with Gasteiger partial charge in [-0.05, 0) is 46.7 Å². The van der Waals surface area contributed by atoms with E-state index in [0.29, 0.717) is 11.9 Å². The minimum atomic E-state index is -0.639. The lowest BCUT2D eigenvalue weighted by Crippen LogP contribution is -2.30. The summed E-state index contributed by atoms with van der Waals surface area (Å²) in [5.74, 6) is -0.198. The molecule has 0 saturated heterocycles. The Kier molecular flexibility index (Phi) is 6.23. The average Bonchev–Trinajstić information content (AvgIpc) is 3.25. The van der Waals surface area contributed by atoms with E-state index in [0.717, 1.165) is 38.1 Å². The van der Waals surface area contributed by atoms with Crippen molar-refractivity contribution in [3.05, 3.63) is 81.2 Å². The maximum absolute atomic E-state index is 12.5. The van der Waals surface area contributed by atoms with Gasteiger partial charge in [0, 0.05) is 35.8 Å². The van der Waals surface area contributed by atoms with Crippen LogP contribution in [0.1, 0.15) is 15.2 Å². The van der Waals surface area contributed by atoms with E-state index in [4.69, 9.17) is 9.47 Å². The zero-order chi connectivity index (χ0) is 23.5. The summed E-state index contributed by atoms with van der Waals surface area (Å²) in [5.41, 5.74) is 0.894. The molecular weight excluding hydrogens is 444 g/mol. The number of non-ortho nitro benzene ring substituents is 1. The van der Waals surface area contributed by atoms with Crippen molar-refractivity contribution in [1.82, 2.24) is 4.90 Å². The van der Waals surface area contributed by atoms with Gasteiger partial charge in [-0.25, -0.2) is 4.79 Å². The molecular formula is C24H20N2O6S. The van der Waals surface area contributed by atoms with E-state index in [9.17, 15) is 19.7 Å². The van der Waals surface area contributed by atoms with E-state index in [1.165, 1.54) is 23.1 Å². The van der Waals surface area contributed by atoms with Gasteiger partial charge in [-0.1, -0.05) is 18.2 Å². The standard InChI is InChI=1S/C24H20N2O6S/c1-25(13-15-3-4-17-11-20(31-2)7-5-16(17)9-15)23(27)14-32-24(28)22-12-18-10-19(26(29)30)6-8-21(18)33-22/h3-12H,13-14H2,1-2H3. The van der Waals surface area contributed by atoms with Crippen LogP contribution in [0.5, 0.6) is 5.75 Å². The van der Waals surface area contributed by atoms with Crippen LogP contribution in [0, 0.1) is 10.1 Å². The highest BCUT2D eigenvalue weighted by atomic mass is 32.1. The van der Waals surface area contributed by atoms with Gasteiger partial charge in [0.15, 0.2) is 6.61 Å². The number of fused-ring (bicyclic) bond motifs is 2. The van der Waals surface area contributed by atoms with Crippen LogP contribution in [-0.2, 0) is 16.1 Å². The summed E-state index contributed by atoms with van der Waals surface area (Å²) < 4.78 is 11.1. The van der Waals surface area contributed by atoms with Gasteiger partial charge in [0.2, 0.25) is 0 Å². The zero-order valence-electron chi connectivity index (χ0n) is 17.9. The van der Waals surface area contributed by atoms with Crippen molar-refractivity contribution in [2.75, 3.05) is 20.8 Å². The number of nitrogens with zero attached hydrogens (tertiary/aromatic N) is 2. The predicted molar refractivity (Wildman–Crippen MR) is 126 cm³/mol. The second-order valence-corrected chi connectivity index (χ2v) is 8.55. The molecule has 8 nitrogen and oxygen atoms in total. The van der Waals surface area contributed by atoms with Crippen molar-refractivity contribution in [2.24, 2.45) is 0 Å². The fourth-order valence-corrected chi connectivity index (χ4v) is 4.35. The first kappa shape index (κ1) is 22.2. The molecule has 0 fully saturated rings. The molecule has 1 aromatic heterocycles. The van der Waals surface area contributed by atoms with E-state index >= 15 is 0 Å². The van der Waals surface area contributed by atoms with Crippen molar-refractivity contribution in [1.29, 1.82) is 0 Å².